The molecule has 3 aromatic carbocycles. The molecule has 3 N–H and O–H groups in total. The van der Waals surface area contributed by atoms with E-state index in [0.29, 0.717) is 16.7 Å². The number of hydrogen-bond acceptors (Lipinski definition) is 7. The van der Waals surface area contributed by atoms with E-state index in [9.17, 15) is 19.2 Å². The minimum atomic E-state index is -1.11. The third-order valence-electron chi connectivity index (χ3n) is 5.46. The van der Waals surface area contributed by atoms with Crippen LogP contribution >= 0.6 is 0 Å². The molecule has 1 atom stereocenters. The zero-order chi connectivity index (χ0) is 28.7. The molecule has 0 unspecified atom stereocenters. The van der Waals surface area contributed by atoms with Crippen LogP contribution in [0.4, 0.5) is 4.79 Å². The second-order valence-electron chi connectivity index (χ2n) is 10.1. The maximum Gasteiger partial charge on any atom is 0.408 e. The number of ether oxygens (including phenoxy) is 3. The summed E-state index contributed by atoms with van der Waals surface area (Å²) in [7, 11) is 0. The van der Waals surface area contributed by atoms with Crippen molar-refractivity contribution in [2.24, 2.45) is 5.73 Å². The van der Waals surface area contributed by atoms with Crippen LogP contribution in [0.1, 0.15) is 58.2 Å². The Morgan fingerprint density at radius 2 is 1.26 bits per heavy atom. The number of alkyl carbamates (subject to hydrolysis) is 1. The molecule has 0 saturated carbocycles. The summed E-state index contributed by atoms with van der Waals surface area (Å²) in [4.78, 5) is 49.9. The smallest absolute Gasteiger partial charge is 0.408 e. The normalized spacial score (nSPS) is 11.7. The van der Waals surface area contributed by atoms with Gasteiger partial charge in [-0.3, -0.25) is 4.79 Å². The number of nitrogens with two attached hydrogens (primary N) is 1. The van der Waals surface area contributed by atoms with Gasteiger partial charge in [0.05, 0.1) is 11.1 Å². The SMILES string of the molecule is Cc1ccc(C(=O)Oc2ccc(C[C@H](NC(=O)OC(C)(C)C)C(N)=O)cc2OC(=O)c2ccc(C)cc2)cc1. The molecule has 0 aliphatic heterocycles. The molecule has 0 radical (unpaired) electrons. The lowest BCUT2D eigenvalue weighted by Gasteiger charge is -2.22. The summed E-state index contributed by atoms with van der Waals surface area (Å²) in [5.41, 5.74) is 7.78. The second-order valence-corrected chi connectivity index (χ2v) is 10.1. The Morgan fingerprint density at radius 1 is 0.769 bits per heavy atom. The zero-order valence-corrected chi connectivity index (χ0v) is 22.6. The summed E-state index contributed by atoms with van der Waals surface area (Å²) in [5.74, 6) is -2.14. The number of benzene rings is 3. The fourth-order valence-electron chi connectivity index (χ4n) is 3.45. The Kier molecular flexibility index (Phi) is 9.08. The third kappa shape index (κ3) is 8.70. The van der Waals surface area contributed by atoms with Crippen molar-refractivity contribution < 1.29 is 33.4 Å². The number of carbonyl (C=O) groups is 4. The van der Waals surface area contributed by atoms with Crippen molar-refractivity contribution in [3.63, 3.8) is 0 Å². The summed E-state index contributed by atoms with van der Waals surface area (Å²) >= 11 is 0. The Bertz CT molecular complexity index is 1360. The molecule has 0 spiro atoms. The molecule has 39 heavy (non-hydrogen) atoms. The summed E-state index contributed by atoms with van der Waals surface area (Å²) < 4.78 is 16.4. The van der Waals surface area contributed by atoms with Crippen LogP contribution in [0, 0.1) is 13.8 Å². The first-order valence-electron chi connectivity index (χ1n) is 12.3. The Hall–Kier alpha value is -4.66. The monoisotopic (exact) mass is 532 g/mol. The lowest BCUT2D eigenvalue weighted by Crippen LogP contribution is -2.47. The van der Waals surface area contributed by atoms with Crippen molar-refractivity contribution in [3.05, 3.63) is 94.5 Å². The molecule has 3 aromatic rings. The van der Waals surface area contributed by atoms with Crippen LogP contribution in [-0.2, 0) is 16.0 Å². The van der Waals surface area contributed by atoms with Crippen molar-refractivity contribution >= 4 is 23.9 Å². The highest BCUT2D eigenvalue weighted by Crippen LogP contribution is 2.31. The van der Waals surface area contributed by atoms with Gasteiger partial charge in [-0.2, -0.15) is 0 Å². The van der Waals surface area contributed by atoms with E-state index >= 15 is 0 Å². The van der Waals surface area contributed by atoms with Crippen molar-refractivity contribution in [2.75, 3.05) is 0 Å². The van der Waals surface area contributed by atoms with E-state index in [1.807, 2.05) is 13.8 Å². The van der Waals surface area contributed by atoms with Gasteiger partial charge in [0, 0.05) is 6.42 Å². The Morgan fingerprint density at radius 3 is 1.72 bits per heavy atom. The van der Waals surface area contributed by atoms with Gasteiger partial charge in [-0.25, -0.2) is 14.4 Å². The molecule has 0 heterocycles. The average Bonchev–Trinajstić information content (AvgIpc) is 2.84. The summed E-state index contributed by atoms with van der Waals surface area (Å²) in [6.07, 6.45) is -0.837. The zero-order valence-electron chi connectivity index (χ0n) is 22.6. The quantitative estimate of drug-likeness (QED) is 0.318. The molecule has 9 nitrogen and oxygen atoms in total. The van der Waals surface area contributed by atoms with Crippen molar-refractivity contribution in [1.82, 2.24) is 5.32 Å². The van der Waals surface area contributed by atoms with E-state index in [-0.39, 0.29) is 17.9 Å². The van der Waals surface area contributed by atoms with E-state index < -0.39 is 35.6 Å². The number of amides is 2. The molecule has 9 heteroatoms. The minimum Gasteiger partial charge on any atom is -0.444 e. The predicted octanol–water partition coefficient (Wildman–Crippen LogP) is 4.66. The van der Waals surface area contributed by atoms with Gasteiger partial charge in [-0.05, 0) is 76.6 Å². The largest absolute Gasteiger partial charge is 0.444 e. The van der Waals surface area contributed by atoms with Gasteiger partial charge in [-0.1, -0.05) is 41.5 Å². The number of aryl methyl sites for hydroxylation is 2. The van der Waals surface area contributed by atoms with Gasteiger partial charge < -0.3 is 25.3 Å². The molecular weight excluding hydrogens is 500 g/mol. The van der Waals surface area contributed by atoms with Gasteiger partial charge in [0.15, 0.2) is 11.5 Å². The van der Waals surface area contributed by atoms with Crippen LogP contribution in [0.25, 0.3) is 0 Å². The van der Waals surface area contributed by atoms with Crippen LogP contribution in [0.3, 0.4) is 0 Å². The Labute approximate surface area is 227 Å². The maximum atomic E-state index is 12.9. The number of nitrogens with one attached hydrogen (secondary N) is 1. The number of primary amides is 1. The lowest BCUT2D eigenvalue weighted by atomic mass is 10.0. The lowest BCUT2D eigenvalue weighted by molar-refractivity contribution is -0.120. The number of esters is 2. The second kappa shape index (κ2) is 12.3. The molecule has 0 bridgehead atoms. The summed E-state index contributed by atoms with van der Waals surface area (Å²) in [5, 5.41) is 2.46. The van der Waals surface area contributed by atoms with Gasteiger partial charge >= 0.3 is 18.0 Å². The first-order valence-corrected chi connectivity index (χ1v) is 12.3. The van der Waals surface area contributed by atoms with Crippen molar-refractivity contribution in [3.8, 4) is 11.5 Å². The molecule has 204 valence electrons. The standard InChI is InChI=1S/C30H32N2O7/c1-18-6-11-21(12-7-18)27(34)37-24-15-10-20(16-23(26(31)33)32-29(36)39-30(3,4)5)17-25(24)38-28(35)22-13-8-19(2)9-14-22/h6-15,17,23H,16H2,1-5H3,(H2,31,33)(H,32,36)/t23-/m0/s1. The molecule has 2 amide bonds. The highest BCUT2D eigenvalue weighted by molar-refractivity contribution is 5.93. The van der Waals surface area contributed by atoms with Crippen molar-refractivity contribution in [2.45, 2.75) is 52.7 Å². The van der Waals surface area contributed by atoms with Crippen LogP contribution in [-0.4, -0.2) is 35.6 Å². The maximum absolute atomic E-state index is 12.9. The molecule has 0 aromatic heterocycles. The third-order valence-corrected chi connectivity index (χ3v) is 5.46. The number of hydrogen-bond donors (Lipinski definition) is 2. The Balaban J connectivity index is 1.89. The summed E-state index contributed by atoms with van der Waals surface area (Å²) in [6.45, 7) is 8.86. The van der Waals surface area contributed by atoms with E-state index in [0.717, 1.165) is 11.1 Å². The molecule has 0 fully saturated rings. The fraction of sp³-hybridized carbons (Fsp3) is 0.267. The van der Waals surface area contributed by atoms with E-state index in [1.165, 1.54) is 12.1 Å². The van der Waals surface area contributed by atoms with E-state index in [4.69, 9.17) is 19.9 Å². The fourth-order valence-corrected chi connectivity index (χ4v) is 3.45. The van der Waals surface area contributed by atoms with Crippen LogP contribution in [0.5, 0.6) is 11.5 Å². The first-order chi connectivity index (χ1) is 18.3. The van der Waals surface area contributed by atoms with Crippen molar-refractivity contribution in [1.29, 1.82) is 0 Å². The highest BCUT2D eigenvalue weighted by atomic mass is 16.6. The van der Waals surface area contributed by atoms with Crippen LogP contribution in [0.15, 0.2) is 66.7 Å². The highest BCUT2D eigenvalue weighted by Gasteiger charge is 2.24. The number of carbonyl (C=O) groups excluding carboxylic acids is 4. The predicted molar refractivity (Wildman–Crippen MR) is 145 cm³/mol. The number of rotatable bonds is 8. The van der Waals surface area contributed by atoms with Crippen LogP contribution < -0.4 is 20.5 Å². The van der Waals surface area contributed by atoms with Gasteiger partial charge in [-0.15, -0.1) is 0 Å². The van der Waals surface area contributed by atoms with Gasteiger partial charge in [0.2, 0.25) is 5.91 Å². The molecule has 0 aliphatic rings. The van der Waals surface area contributed by atoms with Gasteiger partial charge in [0.25, 0.3) is 0 Å². The topological polar surface area (TPSA) is 134 Å². The molecule has 3 rings (SSSR count). The van der Waals surface area contributed by atoms with Crippen LogP contribution in [0.2, 0.25) is 0 Å². The minimum absolute atomic E-state index is 0.000475. The van der Waals surface area contributed by atoms with E-state index in [2.05, 4.69) is 5.32 Å². The summed E-state index contributed by atoms with van der Waals surface area (Å²) in [6, 6.07) is 17.0. The average molecular weight is 533 g/mol. The van der Waals surface area contributed by atoms with Gasteiger partial charge in [0.1, 0.15) is 11.6 Å². The van der Waals surface area contributed by atoms with E-state index in [1.54, 1.807) is 75.4 Å². The molecule has 0 aliphatic carbocycles. The first kappa shape index (κ1) is 28.9. The molecule has 0 saturated heterocycles. The molecular formula is C30H32N2O7.